The van der Waals surface area contributed by atoms with Gasteiger partial charge in [0, 0.05) is 13.1 Å². The molecule has 7 heteroatoms. The summed E-state index contributed by atoms with van der Waals surface area (Å²) >= 11 is 0. The summed E-state index contributed by atoms with van der Waals surface area (Å²) in [5.41, 5.74) is 6.90. The minimum atomic E-state index is -3.57. The summed E-state index contributed by atoms with van der Waals surface area (Å²) in [5, 5.41) is 0. The van der Waals surface area contributed by atoms with E-state index in [0.717, 1.165) is 5.56 Å². The first-order valence-electron chi connectivity index (χ1n) is 5.27. The summed E-state index contributed by atoms with van der Waals surface area (Å²) in [6.07, 6.45) is 0. The van der Waals surface area contributed by atoms with Crippen LogP contribution in [0.1, 0.15) is 11.1 Å². The lowest BCUT2D eigenvalue weighted by molar-refractivity contribution is 0.401. The lowest BCUT2D eigenvalue weighted by atomic mass is 10.1. The SMILES string of the molecule is COc1cc(C)cc(C)c1S(=O)(=O)NCCN.Cl. The summed E-state index contributed by atoms with van der Waals surface area (Å²) in [5.74, 6) is 0.354. The van der Waals surface area contributed by atoms with Crippen LogP contribution in [0.4, 0.5) is 0 Å². The van der Waals surface area contributed by atoms with E-state index in [-0.39, 0.29) is 30.4 Å². The van der Waals surface area contributed by atoms with E-state index in [9.17, 15) is 8.42 Å². The van der Waals surface area contributed by atoms with Crippen molar-refractivity contribution in [3.63, 3.8) is 0 Å². The molecule has 3 N–H and O–H groups in total. The zero-order valence-electron chi connectivity index (χ0n) is 10.7. The highest BCUT2D eigenvalue weighted by Crippen LogP contribution is 2.28. The van der Waals surface area contributed by atoms with E-state index in [1.54, 1.807) is 19.1 Å². The van der Waals surface area contributed by atoms with Gasteiger partial charge in [-0.1, -0.05) is 6.07 Å². The molecule has 0 amide bonds. The summed E-state index contributed by atoms with van der Waals surface area (Å²) in [6, 6.07) is 3.50. The van der Waals surface area contributed by atoms with Crippen molar-refractivity contribution in [3.05, 3.63) is 23.3 Å². The van der Waals surface area contributed by atoms with Gasteiger partial charge >= 0.3 is 0 Å². The average Bonchev–Trinajstić information content (AvgIpc) is 2.24. The Bertz CT molecular complexity index is 503. The first kappa shape index (κ1) is 17.2. The molecular formula is C11H19ClN2O3S. The smallest absolute Gasteiger partial charge is 0.244 e. The number of ether oxygens (including phenoxy) is 1. The van der Waals surface area contributed by atoms with E-state index in [1.807, 2.05) is 6.92 Å². The normalized spacial score (nSPS) is 10.9. The number of hydrogen-bond donors (Lipinski definition) is 2. The van der Waals surface area contributed by atoms with Crippen LogP contribution in [0.5, 0.6) is 5.75 Å². The van der Waals surface area contributed by atoms with Crippen LogP contribution in [0, 0.1) is 13.8 Å². The highest BCUT2D eigenvalue weighted by molar-refractivity contribution is 7.89. The van der Waals surface area contributed by atoms with Crippen LogP contribution in [-0.4, -0.2) is 28.6 Å². The van der Waals surface area contributed by atoms with E-state index in [1.165, 1.54) is 7.11 Å². The highest BCUT2D eigenvalue weighted by atomic mass is 35.5. The van der Waals surface area contributed by atoms with Gasteiger partial charge < -0.3 is 10.5 Å². The van der Waals surface area contributed by atoms with E-state index >= 15 is 0 Å². The number of rotatable bonds is 5. The number of nitrogens with one attached hydrogen (secondary N) is 1. The Balaban J connectivity index is 0.00000289. The van der Waals surface area contributed by atoms with E-state index in [2.05, 4.69) is 4.72 Å². The van der Waals surface area contributed by atoms with Crippen molar-refractivity contribution in [3.8, 4) is 5.75 Å². The third kappa shape index (κ3) is 3.84. The molecule has 0 heterocycles. The maximum Gasteiger partial charge on any atom is 0.244 e. The van der Waals surface area contributed by atoms with Crippen LogP contribution in [0.15, 0.2) is 17.0 Å². The van der Waals surface area contributed by atoms with Crippen molar-refractivity contribution >= 4 is 22.4 Å². The summed E-state index contributed by atoms with van der Waals surface area (Å²) < 4.78 is 31.7. The fraction of sp³-hybridized carbons (Fsp3) is 0.455. The Hall–Kier alpha value is -0.820. The van der Waals surface area contributed by atoms with Gasteiger partial charge in [0.05, 0.1) is 7.11 Å². The van der Waals surface area contributed by atoms with Gasteiger partial charge in [-0.05, 0) is 31.0 Å². The van der Waals surface area contributed by atoms with E-state index in [0.29, 0.717) is 11.3 Å². The number of aryl methyl sites for hydroxylation is 2. The van der Waals surface area contributed by atoms with E-state index in [4.69, 9.17) is 10.5 Å². The maximum atomic E-state index is 12.1. The van der Waals surface area contributed by atoms with Crippen LogP contribution in [0.3, 0.4) is 0 Å². The fourth-order valence-corrected chi connectivity index (χ4v) is 3.10. The Morgan fingerprint density at radius 3 is 2.44 bits per heavy atom. The Kier molecular flexibility index (Phi) is 6.62. The Morgan fingerprint density at radius 1 is 1.33 bits per heavy atom. The molecular weight excluding hydrogens is 276 g/mol. The number of hydrogen-bond acceptors (Lipinski definition) is 4. The molecule has 0 spiro atoms. The molecule has 1 aromatic carbocycles. The van der Waals surface area contributed by atoms with Crippen molar-refractivity contribution in [1.29, 1.82) is 0 Å². The molecule has 1 aromatic rings. The molecule has 0 aliphatic rings. The third-order valence-corrected chi connectivity index (χ3v) is 3.95. The second-order valence-corrected chi connectivity index (χ2v) is 5.50. The Morgan fingerprint density at radius 2 is 1.94 bits per heavy atom. The molecule has 0 saturated heterocycles. The molecule has 5 nitrogen and oxygen atoms in total. The molecule has 0 unspecified atom stereocenters. The monoisotopic (exact) mass is 294 g/mol. The second kappa shape index (κ2) is 6.94. The largest absolute Gasteiger partial charge is 0.495 e. The molecule has 0 atom stereocenters. The molecule has 0 saturated carbocycles. The standard InChI is InChI=1S/C11H18N2O3S.ClH/c1-8-6-9(2)11(10(7-8)16-3)17(14,15)13-5-4-12;/h6-7,13H,4-5,12H2,1-3H3;1H. The van der Waals surface area contributed by atoms with Gasteiger partial charge in [0.1, 0.15) is 10.6 Å². The van der Waals surface area contributed by atoms with Crippen LogP contribution in [-0.2, 0) is 10.0 Å². The summed E-state index contributed by atoms with van der Waals surface area (Å²) in [7, 11) is -2.11. The van der Waals surface area contributed by atoms with Gasteiger partial charge in [-0.15, -0.1) is 12.4 Å². The number of halogens is 1. The van der Waals surface area contributed by atoms with Gasteiger partial charge in [0.2, 0.25) is 10.0 Å². The van der Waals surface area contributed by atoms with Crippen LogP contribution in [0.25, 0.3) is 0 Å². The molecule has 104 valence electrons. The quantitative estimate of drug-likeness (QED) is 0.848. The first-order chi connectivity index (χ1) is 7.92. The number of nitrogens with two attached hydrogens (primary N) is 1. The topological polar surface area (TPSA) is 81.4 Å². The maximum absolute atomic E-state index is 12.1. The zero-order chi connectivity index (χ0) is 13.1. The predicted molar refractivity (Wildman–Crippen MR) is 74.0 cm³/mol. The van der Waals surface area contributed by atoms with Crippen molar-refractivity contribution in [2.45, 2.75) is 18.7 Å². The van der Waals surface area contributed by atoms with Gasteiger partial charge in [-0.2, -0.15) is 0 Å². The minimum absolute atomic E-state index is 0. The molecule has 0 aromatic heterocycles. The summed E-state index contributed by atoms with van der Waals surface area (Å²) in [4.78, 5) is 0.180. The lowest BCUT2D eigenvalue weighted by Gasteiger charge is -2.13. The van der Waals surface area contributed by atoms with Gasteiger partial charge in [-0.25, -0.2) is 13.1 Å². The van der Waals surface area contributed by atoms with Gasteiger partial charge in [0.15, 0.2) is 0 Å². The van der Waals surface area contributed by atoms with Crippen molar-refractivity contribution in [2.24, 2.45) is 5.73 Å². The minimum Gasteiger partial charge on any atom is -0.495 e. The van der Waals surface area contributed by atoms with E-state index < -0.39 is 10.0 Å². The number of sulfonamides is 1. The molecule has 18 heavy (non-hydrogen) atoms. The number of benzene rings is 1. The zero-order valence-corrected chi connectivity index (χ0v) is 12.3. The van der Waals surface area contributed by atoms with Crippen LogP contribution >= 0.6 is 12.4 Å². The molecule has 0 aliphatic heterocycles. The molecule has 0 radical (unpaired) electrons. The van der Waals surface area contributed by atoms with Crippen molar-refractivity contribution in [1.82, 2.24) is 4.72 Å². The third-order valence-electron chi connectivity index (χ3n) is 2.31. The summed E-state index contributed by atoms with van der Waals surface area (Å²) in [6.45, 7) is 4.09. The second-order valence-electron chi connectivity index (χ2n) is 3.80. The van der Waals surface area contributed by atoms with Gasteiger partial charge in [-0.3, -0.25) is 0 Å². The molecule has 1 rings (SSSR count). The molecule has 0 bridgehead atoms. The van der Waals surface area contributed by atoms with Gasteiger partial charge in [0.25, 0.3) is 0 Å². The predicted octanol–water partition coefficient (Wildman–Crippen LogP) is 0.971. The molecule has 0 fully saturated rings. The van der Waals surface area contributed by atoms with Crippen LogP contribution < -0.4 is 15.2 Å². The molecule has 0 aliphatic carbocycles. The highest BCUT2D eigenvalue weighted by Gasteiger charge is 2.21. The lowest BCUT2D eigenvalue weighted by Crippen LogP contribution is -2.30. The Labute approximate surface area is 114 Å². The van der Waals surface area contributed by atoms with Crippen molar-refractivity contribution < 1.29 is 13.2 Å². The average molecular weight is 295 g/mol. The fourth-order valence-electron chi connectivity index (χ4n) is 1.68. The first-order valence-corrected chi connectivity index (χ1v) is 6.75. The van der Waals surface area contributed by atoms with Crippen molar-refractivity contribution in [2.75, 3.05) is 20.2 Å². The van der Waals surface area contributed by atoms with Crippen LogP contribution in [0.2, 0.25) is 0 Å². The number of methoxy groups -OCH3 is 1.